The summed E-state index contributed by atoms with van der Waals surface area (Å²) in [6.07, 6.45) is -0.840. The average Bonchev–Trinajstić information content (AvgIpc) is 2.13. The largest absolute Gasteiger partial charge is 0.504 e. The van der Waals surface area contributed by atoms with Crippen LogP contribution in [0.15, 0.2) is 12.1 Å². The molecule has 0 heterocycles. The summed E-state index contributed by atoms with van der Waals surface area (Å²) in [5, 5.41) is 21.2. The molecule has 0 aliphatic carbocycles. The Balaban J connectivity index is 3.00. The summed E-state index contributed by atoms with van der Waals surface area (Å²) in [6.45, 7) is 0.292. The molecule has 0 saturated carbocycles. The summed E-state index contributed by atoms with van der Waals surface area (Å²) in [7, 11) is 1.67. The zero-order valence-corrected chi connectivity index (χ0v) is 8.35. The molecule has 3 N–H and O–H groups in total. The van der Waals surface area contributed by atoms with Gasteiger partial charge in [-0.3, -0.25) is 0 Å². The number of halogens is 2. The van der Waals surface area contributed by atoms with Crippen LogP contribution in [-0.2, 0) is 0 Å². The zero-order chi connectivity index (χ0) is 10.7. The Morgan fingerprint density at radius 3 is 2.71 bits per heavy atom. The number of aliphatic hydroxyl groups is 1. The van der Waals surface area contributed by atoms with Gasteiger partial charge in [0.2, 0.25) is 0 Å². The van der Waals surface area contributed by atoms with Crippen molar-refractivity contribution in [1.82, 2.24) is 5.32 Å². The van der Waals surface area contributed by atoms with E-state index in [0.29, 0.717) is 12.1 Å². The number of aromatic hydroxyl groups is 1. The molecule has 0 amide bonds. The van der Waals surface area contributed by atoms with E-state index in [1.165, 1.54) is 6.07 Å². The molecule has 0 spiro atoms. The Labute approximate surface area is 86.1 Å². The maximum absolute atomic E-state index is 13.0. The lowest BCUT2D eigenvalue weighted by atomic mass is 10.1. The van der Waals surface area contributed by atoms with Crippen molar-refractivity contribution < 1.29 is 14.6 Å². The highest BCUT2D eigenvalue weighted by molar-refractivity contribution is 6.32. The topological polar surface area (TPSA) is 52.5 Å². The van der Waals surface area contributed by atoms with Crippen LogP contribution < -0.4 is 5.32 Å². The van der Waals surface area contributed by atoms with Gasteiger partial charge in [-0.25, -0.2) is 4.39 Å². The van der Waals surface area contributed by atoms with Crippen molar-refractivity contribution >= 4 is 11.6 Å². The molecule has 5 heteroatoms. The minimum absolute atomic E-state index is 0.102. The molecule has 0 radical (unpaired) electrons. The van der Waals surface area contributed by atoms with Crippen molar-refractivity contribution in [2.45, 2.75) is 6.10 Å². The van der Waals surface area contributed by atoms with Crippen molar-refractivity contribution in [3.8, 4) is 5.75 Å². The highest BCUT2D eigenvalue weighted by Gasteiger charge is 2.13. The average molecular weight is 220 g/mol. The fraction of sp³-hybridized carbons (Fsp3) is 0.333. The normalized spacial score (nSPS) is 12.9. The van der Waals surface area contributed by atoms with Gasteiger partial charge in [-0.2, -0.15) is 0 Å². The summed E-state index contributed by atoms with van der Waals surface area (Å²) in [4.78, 5) is 0. The molecular weight excluding hydrogens is 209 g/mol. The Morgan fingerprint density at radius 2 is 2.21 bits per heavy atom. The lowest BCUT2D eigenvalue weighted by molar-refractivity contribution is 0.177. The third kappa shape index (κ3) is 2.35. The maximum Gasteiger partial charge on any atom is 0.170 e. The summed E-state index contributed by atoms with van der Waals surface area (Å²) < 4.78 is 13.0. The quantitative estimate of drug-likeness (QED) is 0.721. The van der Waals surface area contributed by atoms with Crippen LogP contribution in [0.3, 0.4) is 0 Å². The van der Waals surface area contributed by atoms with E-state index >= 15 is 0 Å². The number of likely N-dealkylation sites (N-methyl/N-ethyl adjacent to an activating group) is 1. The van der Waals surface area contributed by atoms with Gasteiger partial charge in [-0.1, -0.05) is 11.6 Å². The summed E-state index contributed by atoms with van der Waals surface area (Å²) in [5.41, 5.74) is 0.333. The van der Waals surface area contributed by atoms with Crippen LogP contribution in [0.2, 0.25) is 5.02 Å². The SMILES string of the molecule is CNCC(O)c1cc(F)c(O)c(Cl)c1. The lowest BCUT2D eigenvalue weighted by Crippen LogP contribution is -2.16. The van der Waals surface area contributed by atoms with Crippen molar-refractivity contribution in [2.75, 3.05) is 13.6 Å². The minimum Gasteiger partial charge on any atom is -0.504 e. The standard InChI is InChI=1S/C9H11ClFNO2/c1-12-4-8(13)5-2-6(10)9(14)7(11)3-5/h2-3,8,12-14H,4H2,1H3. The van der Waals surface area contributed by atoms with Gasteiger partial charge < -0.3 is 15.5 Å². The second-order valence-corrected chi connectivity index (χ2v) is 3.31. The van der Waals surface area contributed by atoms with Crippen LogP contribution in [-0.4, -0.2) is 23.8 Å². The third-order valence-corrected chi connectivity index (χ3v) is 2.11. The third-order valence-electron chi connectivity index (χ3n) is 1.82. The number of nitrogens with one attached hydrogen (secondary N) is 1. The van der Waals surface area contributed by atoms with E-state index in [4.69, 9.17) is 16.7 Å². The van der Waals surface area contributed by atoms with Crippen molar-refractivity contribution in [2.24, 2.45) is 0 Å². The van der Waals surface area contributed by atoms with Crippen LogP contribution in [0, 0.1) is 5.82 Å². The first-order valence-electron chi connectivity index (χ1n) is 4.06. The maximum atomic E-state index is 13.0. The van der Waals surface area contributed by atoms with Gasteiger partial charge in [0.25, 0.3) is 0 Å². The van der Waals surface area contributed by atoms with Gasteiger partial charge in [0.1, 0.15) is 0 Å². The molecule has 0 aliphatic heterocycles. The number of aliphatic hydroxyl groups excluding tert-OH is 1. The highest BCUT2D eigenvalue weighted by Crippen LogP contribution is 2.29. The number of benzene rings is 1. The fourth-order valence-corrected chi connectivity index (χ4v) is 1.30. The second-order valence-electron chi connectivity index (χ2n) is 2.91. The predicted octanol–water partition coefficient (Wildman–Crippen LogP) is 1.44. The fourth-order valence-electron chi connectivity index (χ4n) is 1.09. The first-order chi connectivity index (χ1) is 6.56. The number of rotatable bonds is 3. The van der Waals surface area contributed by atoms with E-state index in [0.717, 1.165) is 6.07 Å². The number of phenolic OH excluding ortho intramolecular Hbond substituents is 1. The van der Waals surface area contributed by atoms with Gasteiger partial charge in [-0.15, -0.1) is 0 Å². The van der Waals surface area contributed by atoms with Crippen LogP contribution >= 0.6 is 11.6 Å². The Bertz CT molecular complexity index is 310. The lowest BCUT2D eigenvalue weighted by Gasteiger charge is -2.11. The molecule has 3 nitrogen and oxygen atoms in total. The molecule has 1 atom stereocenters. The van der Waals surface area contributed by atoms with E-state index in [9.17, 15) is 9.50 Å². The Morgan fingerprint density at radius 1 is 1.57 bits per heavy atom. The first-order valence-corrected chi connectivity index (χ1v) is 4.44. The summed E-state index contributed by atoms with van der Waals surface area (Å²) >= 11 is 5.54. The molecule has 1 aromatic rings. The molecule has 0 aromatic heterocycles. The molecule has 1 unspecified atom stereocenters. The Hall–Kier alpha value is -0.840. The van der Waals surface area contributed by atoms with Crippen LogP contribution in [0.4, 0.5) is 4.39 Å². The van der Waals surface area contributed by atoms with Gasteiger partial charge in [0.15, 0.2) is 11.6 Å². The van der Waals surface area contributed by atoms with Gasteiger partial charge >= 0.3 is 0 Å². The second kappa shape index (κ2) is 4.59. The molecule has 14 heavy (non-hydrogen) atoms. The molecule has 0 saturated heterocycles. The van der Waals surface area contributed by atoms with Crippen molar-refractivity contribution in [3.63, 3.8) is 0 Å². The molecule has 0 bridgehead atoms. The first kappa shape index (κ1) is 11.2. The van der Waals surface area contributed by atoms with E-state index in [1.54, 1.807) is 7.05 Å². The Kier molecular flexibility index (Phi) is 3.69. The smallest absolute Gasteiger partial charge is 0.170 e. The van der Waals surface area contributed by atoms with Gasteiger partial charge in [0.05, 0.1) is 11.1 Å². The zero-order valence-electron chi connectivity index (χ0n) is 7.59. The minimum atomic E-state index is -0.840. The van der Waals surface area contributed by atoms with E-state index < -0.39 is 17.7 Å². The van der Waals surface area contributed by atoms with Crippen molar-refractivity contribution in [3.05, 3.63) is 28.5 Å². The molecule has 1 rings (SSSR count). The van der Waals surface area contributed by atoms with Gasteiger partial charge in [0, 0.05) is 6.54 Å². The van der Waals surface area contributed by atoms with Crippen LogP contribution in [0.25, 0.3) is 0 Å². The number of phenols is 1. The van der Waals surface area contributed by atoms with Crippen LogP contribution in [0.1, 0.15) is 11.7 Å². The predicted molar refractivity (Wildman–Crippen MR) is 52.0 cm³/mol. The van der Waals surface area contributed by atoms with Gasteiger partial charge in [-0.05, 0) is 24.7 Å². The van der Waals surface area contributed by atoms with Crippen molar-refractivity contribution in [1.29, 1.82) is 0 Å². The molecule has 0 aliphatic rings. The summed E-state index contributed by atoms with van der Waals surface area (Å²) in [6, 6.07) is 2.39. The van der Waals surface area contributed by atoms with E-state index in [-0.39, 0.29) is 5.02 Å². The highest BCUT2D eigenvalue weighted by atomic mass is 35.5. The number of hydrogen-bond donors (Lipinski definition) is 3. The van der Waals surface area contributed by atoms with E-state index in [2.05, 4.69) is 5.32 Å². The van der Waals surface area contributed by atoms with Crippen LogP contribution in [0.5, 0.6) is 5.75 Å². The molecule has 1 aromatic carbocycles. The van der Waals surface area contributed by atoms with E-state index in [1.807, 2.05) is 0 Å². The summed E-state index contributed by atoms with van der Waals surface area (Å²) in [5.74, 6) is -1.42. The number of hydrogen-bond acceptors (Lipinski definition) is 3. The molecule has 0 fully saturated rings. The molecule has 78 valence electrons. The molecular formula is C9H11ClFNO2. The monoisotopic (exact) mass is 219 g/mol.